The first-order valence-electron chi connectivity index (χ1n) is 5.59. The summed E-state index contributed by atoms with van der Waals surface area (Å²) < 4.78 is 0. The van der Waals surface area contributed by atoms with E-state index in [1.165, 1.54) is 25.7 Å². The van der Waals surface area contributed by atoms with Gasteiger partial charge in [-0.2, -0.15) is 12.6 Å². The minimum atomic E-state index is 0.248. The zero-order chi connectivity index (χ0) is 10.2. The standard InChI is InChI=1S/C11H19NOS/c1-2-8-5-9(8)12-10(13)6-11(7-14)3-4-11/h8-9,14H,2-7H2,1H3,(H,12,13). The maximum atomic E-state index is 11.6. The third-order valence-corrected chi connectivity index (χ3v) is 4.29. The van der Waals surface area contributed by atoms with Crippen molar-refractivity contribution >= 4 is 18.5 Å². The maximum Gasteiger partial charge on any atom is 0.220 e. The molecule has 0 aromatic rings. The molecule has 80 valence electrons. The van der Waals surface area contributed by atoms with Gasteiger partial charge < -0.3 is 5.32 Å². The number of thiol groups is 1. The predicted octanol–water partition coefficient (Wildman–Crippen LogP) is 2.00. The molecule has 0 aromatic heterocycles. The van der Waals surface area contributed by atoms with E-state index in [0.717, 1.165) is 11.7 Å². The Morgan fingerprint density at radius 1 is 1.57 bits per heavy atom. The lowest BCUT2D eigenvalue weighted by Gasteiger charge is -2.11. The van der Waals surface area contributed by atoms with Crippen molar-refractivity contribution in [3.8, 4) is 0 Å². The van der Waals surface area contributed by atoms with Crippen LogP contribution in [0.1, 0.15) is 39.0 Å². The Labute approximate surface area is 91.2 Å². The molecule has 1 amide bonds. The van der Waals surface area contributed by atoms with E-state index in [1.54, 1.807) is 0 Å². The number of rotatable bonds is 5. The van der Waals surface area contributed by atoms with Gasteiger partial charge in [-0.15, -0.1) is 0 Å². The largest absolute Gasteiger partial charge is 0.353 e. The van der Waals surface area contributed by atoms with Gasteiger partial charge in [-0.3, -0.25) is 4.79 Å². The SMILES string of the molecule is CCC1CC1NC(=O)CC1(CS)CC1. The molecule has 14 heavy (non-hydrogen) atoms. The minimum Gasteiger partial charge on any atom is -0.353 e. The average molecular weight is 213 g/mol. The molecular weight excluding hydrogens is 194 g/mol. The van der Waals surface area contributed by atoms with Gasteiger partial charge in [-0.1, -0.05) is 13.3 Å². The highest BCUT2D eigenvalue weighted by molar-refractivity contribution is 7.80. The van der Waals surface area contributed by atoms with Crippen LogP contribution >= 0.6 is 12.6 Å². The molecule has 2 aliphatic carbocycles. The monoisotopic (exact) mass is 213 g/mol. The Morgan fingerprint density at radius 2 is 2.29 bits per heavy atom. The second-order valence-corrected chi connectivity index (χ2v) is 5.23. The highest BCUT2D eigenvalue weighted by Gasteiger charge is 2.44. The summed E-state index contributed by atoms with van der Waals surface area (Å²) in [4.78, 5) is 11.6. The summed E-state index contributed by atoms with van der Waals surface area (Å²) in [5.74, 6) is 1.87. The fourth-order valence-corrected chi connectivity index (χ4v) is 2.47. The molecule has 2 aliphatic rings. The van der Waals surface area contributed by atoms with E-state index in [2.05, 4.69) is 24.9 Å². The second-order valence-electron chi connectivity index (χ2n) is 4.91. The quantitative estimate of drug-likeness (QED) is 0.672. The van der Waals surface area contributed by atoms with Crippen LogP contribution in [-0.4, -0.2) is 17.7 Å². The van der Waals surface area contributed by atoms with Crippen LogP contribution in [0.3, 0.4) is 0 Å². The Morgan fingerprint density at radius 3 is 2.71 bits per heavy atom. The number of nitrogens with one attached hydrogen (secondary N) is 1. The molecule has 0 bridgehead atoms. The fraction of sp³-hybridized carbons (Fsp3) is 0.909. The first-order chi connectivity index (χ1) is 6.69. The van der Waals surface area contributed by atoms with Crippen molar-refractivity contribution in [1.82, 2.24) is 5.32 Å². The van der Waals surface area contributed by atoms with Gasteiger partial charge in [0.15, 0.2) is 0 Å². The van der Waals surface area contributed by atoms with E-state index in [4.69, 9.17) is 0 Å². The second kappa shape index (κ2) is 3.76. The van der Waals surface area contributed by atoms with Crippen LogP contribution in [-0.2, 0) is 4.79 Å². The van der Waals surface area contributed by atoms with E-state index in [1.807, 2.05) is 0 Å². The third-order valence-electron chi connectivity index (χ3n) is 3.62. The Bertz CT molecular complexity index is 237. The zero-order valence-electron chi connectivity index (χ0n) is 8.75. The van der Waals surface area contributed by atoms with Crippen LogP contribution < -0.4 is 5.32 Å². The zero-order valence-corrected chi connectivity index (χ0v) is 9.65. The Kier molecular flexibility index (Phi) is 2.78. The molecule has 2 nitrogen and oxygen atoms in total. The summed E-state index contributed by atoms with van der Waals surface area (Å²) >= 11 is 4.30. The molecule has 0 radical (unpaired) electrons. The fourth-order valence-electron chi connectivity index (χ4n) is 2.04. The van der Waals surface area contributed by atoms with Crippen molar-refractivity contribution in [2.24, 2.45) is 11.3 Å². The van der Waals surface area contributed by atoms with Crippen LogP contribution in [0.2, 0.25) is 0 Å². The summed E-state index contributed by atoms with van der Waals surface area (Å²) in [6.07, 6.45) is 5.46. The van der Waals surface area contributed by atoms with Gasteiger partial charge in [0.25, 0.3) is 0 Å². The van der Waals surface area contributed by atoms with Crippen molar-refractivity contribution in [3.63, 3.8) is 0 Å². The molecular formula is C11H19NOS. The van der Waals surface area contributed by atoms with Crippen molar-refractivity contribution in [3.05, 3.63) is 0 Å². The van der Waals surface area contributed by atoms with Crippen LogP contribution in [0.4, 0.5) is 0 Å². The third kappa shape index (κ3) is 2.25. The maximum absolute atomic E-state index is 11.6. The van der Waals surface area contributed by atoms with Gasteiger partial charge in [0, 0.05) is 12.5 Å². The van der Waals surface area contributed by atoms with E-state index >= 15 is 0 Å². The van der Waals surface area contributed by atoms with Crippen molar-refractivity contribution in [2.45, 2.75) is 45.1 Å². The van der Waals surface area contributed by atoms with Crippen LogP contribution in [0.15, 0.2) is 0 Å². The van der Waals surface area contributed by atoms with Crippen LogP contribution in [0, 0.1) is 11.3 Å². The summed E-state index contributed by atoms with van der Waals surface area (Å²) in [5, 5.41) is 3.11. The lowest BCUT2D eigenvalue weighted by molar-refractivity contribution is -0.122. The van der Waals surface area contributed by atoms with Crippen LogP contribution in [0.5, 0.6) is 0 Å². The molecule has 0 heterocycles. The van der Waals surface area contributed by atoms with Gasteiger partial charge in [0.1, 0.15) is 0 Å². The Hall–Kier alpha value is -0.180. The van der Waals surface area contributed by atoms with Gasteiger partial charge in [0.05, 0.1) is 0 Å². The molecule has 2 unspecified atom stereocenters. The summed E-state index contributed by atoms with van der Waals surface area (Å²) in [5.41, 5.74) is 0.268. The Balaban J connectivity index is 1.69. The summed E-state index contributed by atoms with van der Waals surface area (Å²) in [6, 6.07) is 0.489. The van der Waals surface area contributed by atoms with Gasteiger partial charge in [0.2, 0.25) is 5.91 Å². The number of carbonyl (C=O) groups is 1. The molecule has 2 rings (SSSR count). The first kappa shape index (κ1) is 10.3. The van der Waals surface area contributed by atoms with E-state index in [9.17, 15) is 4.79 Å². The smallest absolute Gasteiger partial charge is 0.220 e. The van der Waals surface area contributed by atoms with Crippen molar-refractivity contribution in [1.29, 1.82) is 0 Å². The molecule has 0 spiro atoms. The molecule has 1 N–H and O–H groups in total. The van der Waals surface area contributed by atoms with Gasteiger partial charge in [-0.25, -0.2) is 0 Å². The molecule has 0 aliphatic heterocycles. The summed E-state index contributed by atoms with van der Waals surface area (Å²) in [6.45, 7) is 2.19. The van der Waals surface area contributed by atoms with E-state index in [-0.39, 0.29) is 11.3 Å². The van der Waals surface area contributed by atoms with E-state index in [0.29, 0.717) is 12.5 Å². The minimum absolute atomic E-state index is 0.248. The number of carbonyl (C=O) groups excluding carboxylic acids is 1. The van der Waals surface area contributed by atoms with Crippen LogP contribution in [0.25, 0.3) is 0 Å². The normalized spacial score (nSPS) is 32.4. The predicted molar refractivity (Wildman–Crippen MR) is 60.5 cm³/mol. The number of amides is 1. The molecule has 0 aromatic carbocycles. The molecule has 0 saturated heterocycles. The lowest BCUT2D eigenvalue weighted by Crippen LogP contribution is -2.29. The number of hydrogen-bond acceptors (Lipinski definition) is 2. The summed E-state index contributed by atoms with van der Waals surface area (Å²) in [7, 11) is 0. The van der Waals surface area contributed by atoms with Crippen molar-refractivity contribution < 1.29 is 4.79 Å². The topological polar surface area (TPSA) is 29.1 Å². The van der Waals surface area contributed by atoms with Crippen molar-refractivity contribution in [2.75, 3.05) is 5.75 Å². The molecule has 2 saturated carbocycles. The number of hydrogen-bond donors (Lipinski definition) is 2. The average Bonchev–Trinajstić information content (AvgIpc) is 3.03. The lowest BCUT2D eigenvalue weighted by atomic mass is 10.1. The molecule has 2 atom stereocenters. The molecule has 2 fully saturated rings. The first-order valence-corrected chi connectivity index (χ1v) is 6.22. The van der Waals surface area contributed by atoms with Gasteiger partial charge >= 0.3 is 0 Å². The molecule has 3 heteroatoms. The highest BCUT2D eigenvalue weighted by Crippen LogP contribution is 2.49. The van der Waals surface area contributed by atoms with E-state index < -0.39 is 0 Å². The highest BCUT2D eigenvalue weighted by atomic mass is 32.1. The van der Waals surface area contributed by atoms with Gasteiger partial charge in [-0.05, 0) is 36.3 Å².